The normalized spacial score (nSPS) is 27.5. The van der Waals surface area contributed by atoms with Gasteiger partial charge in [0, 0.05) is 12.3 Å². The van der Waals surface area contributed by atoms with E-state index in [1.54, 1.807) is 0 Å². The van der Waals surface area contributed by atoms with E-state index in [4.69, 9.17) is 4.74 Å². The Morgan fingerprint density at radius 3 is 2.00 bits per heavy atom. The average Bonchev–Trinajstić information content (AvgIpc) is 3.04. The van der Waals surface area contributed by atoms with Crippen molar-refractivity contribution in [3.63, 3.8) is 0 Å². The van der Waals surface area contributed by atoms with Crippen molar-refractivity contribution in [1.29, 1.82) is 0 Å². The van der Waals surface area contributed by atoms with Crippen LogP contribution in [-0.2, 0) is 40.5 Å². The van der Waals surface area contributed by atoms with Crippen LogP contribution in [0.25, 0.3) is 0 Å². The van der Waals surface area contributed by atoms with Gasteiger partial charge in [-0.1, -0.05) is 18.2 Å². The Bertz CT molecular complexity index is 1480. The first-order valence-corrected chi connectivity index (χ1v) is 15.8. The van der Waals surface area contributed by atoms with Crippen molar-refractivity contribution in [3.05, 3.63) is 63.4 Å². The summed E-state index contributed by atoms with van der Waals surface area (Å²) in [5.74, 6) is -0.427. The predicted molar refractivity (Wildman–Crippen MR) is 114 cm³/mol. The zero-order valence-corrected chi connectivity index (χ0v) is 22.3. The summed E-state index contributed by atoms with van der Waals surface area (Å²) in [4.78, 5) is 72.0. The smallest absolute Gasteiger partial charge is 0.330 e. The Balaban J connectivity index is 1.59. The highest BCUT2D eigenvalue weighted by Gasteiger charge is 2.44. The Morgan fingerprint density at radius 1 is 0.846 bits per heavy atom. The standard InChI is InChI=1S/C15H20N2O18P4/c18-11-6-7-17(15(21)16-11)14-13(20)12(19)10(31-14)8-30-36(22,23)33-38(26,27)35-39(28,29)34-37(24,25)32-9-4-2-1-3-5-9/h1-7,10,12-14,19-20H,8H2,(H,22,23)(H,24,25)(H,26,27)(H,28,29)(H,16,18,21)/p-4/t10-,12-,13-,14-/m1/s1. The molecule has 1 aliphatic heterocycles. The molecule has 0 bridgehead atoms. The number of benzene rings is 1. The van der Waals surface area contributed by atoms with E-state index < -0.39 is 79.4 Å². The van der Waals surface area contributed by atoms with Crippen molar-refractivity contribution in [2.75, 3.05) is 6.61 Å². The zero-order valence-electron chi connectivity index (χ0n) is 18.7. The third-order valence-corrected chi connectivity index (χ3v) is 10.1. The van der Waals surface area contributed by atoms with Gasteiger partial charge in [0.05, 0.1) is 6.61 Å². The molecular formula is C15H16N2O18P4-4. The molecule has 1 aliphatic rings. The van der Waals surface area contributed by atoms with Gasteiger partial charge in [-0.15, -0.1) is 0 Å². The maximum absolute atomic E-state index is 11.9. The molecule has 24 heteroatoms. The highest BCUT2D eigenvalue weighted by molar-refractivity contribution is 7.68. The molecule has 4 unspecified atom stereocenters. The first kappa shape index (κ1) is 31.7. The van der Waals surface area contributed by atoms with Crippen LogP contribution in [0.5, 0.6) is 5.75 Å². The van der Waals surface area contributed by atoms with Crippen molar-refractivity contribution in [2.45, 2.75) is 24.5 Å². The first-order valence-electron chi connectivity index (χ1n) is 9.99. The molecule has 8 atom stereocenters. The van der Waals surface area contributed by atoms with Crippen LogP contribution in [0.3, 0.4) is 0 Å². The number of hydrogen-bond acceptors (Lipinski definition) is 18. The molecule has 0 saturated carbocycles. The predicted octanol–water partition coefficient (Wildman–Crippen LogP) is -2.83. The van der Waals surface area contributed by atoms with E-state index in [0.29, 0.717) is 4.57 Å². The molecule has 2 heterocycles. The minimum atomic E-state index is -6.46. The molecule has 0 radical (unpaired) electrons. The van der Waals surface area contributed by atoms with Crippen LogP contribution in [0.2, 0.25) is 0 Å². The number of nitrogens with zero attached hydrogens (tertiary/aromatic N) is 1. The first-order chi connectivity index (χ1) is 17.9. The van der Waals surface area contributed by atoms with Crippen molar-refractivity contribution in [3.8, 4) is 5.75 Å². The summed E-state index contributed by atoms with van der Waals surface area (Å²) in [7, 11) is -24.7. The van der Waals surface area contributed by atoms with Crippen LogP contribution in [-0.4, -0.2) is 44.7 Å². The maximum atomic E-state index is 11.9. The fourth-order valence-corrected chi connectivity index (χ4v) is 7.68. The number of hydrogen-bond donors (Lipinski definition) is 3. The van der Waals surface area contributed by atoms with Crippen LogP contribution < -0.4 is 35.3 Å². The van der Waals surface area contributed by atoms with E-state index in [1.807, 2.05) is 4.98 Å². The molecule has 218 valence electrons. The molecule has 0 aliphatic carbocycles. The molecule has 1 aromatic heterocycles. The lowest BCUT2D eigenvalue weighted by Gasteiger charge is -2.36. The quantitative estimate of drug-likeness (QED) is 0.198. The number of aliphatic hydroxyl groups excluding tert-OH is 2. The second-order valence-corrected chi connectivity index (χ2v) is 13.3. The molecule has 3 N–H and O–H groups in total. The van der Waals surface area contributed by atoms with Crippen molar-refractivity contribution in [1.82, 2.24) is 9.55 Å². The molecule has 0 spiro atoms. The zero-order chi connectivity index (χ0) is 29.2. The number of para-hydroxylation sites is 1. The number of nitrogens with one attached hydrogen (secondary N) is 1. The molecule has 39 heavy (non-hydrogen) atoms. The second kappa shape index (κ2) is 12.0. The summed E-state index contributed by atoms with van der Waals surface area (Å²) in [6.07, 6.45) is -6.28. The summed E-state index contributed by atoms with van der Waals surface area (Å²) < 4.78 is 71.9. The number of aromatic amines is 1. The third-order valence-electron chi connectivity index (χ3n) is 4.42. The largest absolute Gasteiger partial charge is 0.756 e. The number of phosphoric acid groups is 4. The van der Waals surface area contributed by atoms with Gasteiger partial charge in [-0.2, -0.15) is 0 Å². The molecule has 20 nitrogen and oxygen atoms in total. The van der Waals surface area contributed by atoms with Gasteiger partial charge in [0.25, 0.3) is 29.0 Å². The number of aromatic nitrogens is 2. The number of aliphatic hydroxyl groups is 2. The van der Waals surface area contributed by atoms with Crippen LogP contribution in [0, 0.1) is 0 Å². The van der Waals surface area contributed by atoms with Gasteiger partial charge < -0.3 is 43.6 Å². The highest BCUT2D eigenvalue weighted by atomic mass is 31.3. The van der Waals surface area contributed by atoms with Crippen molar-refractivity contribution >= 4 is 31.3 Å². The maximum Gasteiger partial charge on any atom is 0.330 e. The van der Waals surface area contributed by atoms with E-state index >= 15 is 0 Å². The minimum absolute atomic E-state index is 0.427. The van der Waals surface area contributed by atoms with Gasteiger partial charge in [0.2, 0.25) is 0 Å². The van der Waals surface area contributed by atoms with Gasteiger partial charge in [-0.05, 0) is 12.1 Å². The molecule has 3 rings (SSSR count). The number of H-pyrrole nitrogens is 1. The van der Waals surface area contributed by atoms with E-state index in [9.17, 15) is 57.6 Å². The molecule has 1 aromatic carbocycles. The second-order valence-electron chi connectivity index (χ2n) is 7.30. The van der Waals surface area contributed by atoms with Crippen LogP contribution in [0.4, 0.5) is 0 Å². The third kappa shape index (κ3) is 9.09. The summed E-state index contributed by atoms with van der Waals surface area (Å²) >= 11 is 0. The molecule has 1 saturated heterocycles. The van der Waals surface area contributed by atoms with Gasteiger partial charge in [0.15, 0.2) is 6.23 Å². The van der Waals surface area contributed by atoms with E-state index in [1.165, 1.54) is 18.2 Å². The number of rotatable bonds is 12. The van der Waals surface area contributed by atoms with Gasteiger partial charge in [-0.25, -0.2) is 17.7 Å². The summed E-state index contributed by atoms with van der Waals surface area (Å²) in [5, 5.41) is 20.1. The van der Waals surface area contributed by atoms with Crippen molar-refractivity contribution in [2.24, 2.45) is 0 Å². The summed E-state index contributed by atoms with van der Waals surface area (Å²) in [6, 6.07) is 7.07. The Hall–Kier alpha value is -1.82. The number of ether oxygens (including phenoxy) is 1. The lowest BCUT2D eigenvalue weighted by molar-refractivity contribution is -0.253. The molecule has 1 fully saturated rings. The molecular weight excluding hydrogens is 620 g/mol. The lowest BCUT2D eigenvalue weighted by atomic mass is 10.1. The van der Waals surface area contributed by atoms with Gasteiger partial charge >= 0.3 is 13.5 Å². The van der Waals surface area contributed by atoms with E-state index in [0.717, 1.165) is 24.4 Å². The van der Waals surface area contributed by atoms with E-state index in [-0.39, 0.29) is 0 Å². The summed E-state index contributed by atoms with van der Waals surface area (Å²) in [6.45, 7) is -1.25. The monoisotopic (exact) mass is 636 g/mol. The summed E-state index contributed by atoms with van der Waals surface area (Å²) in [5.41, 5.74) is -1.86. The SMILES string of the molecule is O=c1ccn([C@@H]2O[C@H](COP(=O)([O-])OP(=O)([O-])OP(=O)([O-])OP(=O)([O-])Oc3ccccc3)[C@@H](O)[C@H]2O)c(=O)[nH]1. The lowest BCUT2D eigenvalue weighted by Crippen LogP contribution is -2.37. The Labute approximate surface area is 216 Å². The number of phosphoric ester groups is 2. The fourth-order valence-electron chi connectivity index (χ4n) is 2.94. The minimum Gasteiger partial charge on any atom is -0.756 e. The Kier molecular flexibility index (Phi) is 9.73. The average molecular weight is 636 g/mol. The van der Waals surface area contributed by atoms with Gasteiger partial charge in [0.1, 0.15) is 24.1 Å². The van der Waals surface area contributed by atoms with Crippen LogP contribution >= 0.6 is 31.3 Å². The fraction of sp³-hybridized carbons (Fsp3) is 0.333. The molecule has 2 aromatic rings. The topological polar surface area (TPSA) is 311 Å². The molecule has 0 amide bonds. The van der Waals surface area contributed by atoms with E-state index in [2.05, 4.69) is 22.0 Å². The Morgan fingerprint density at radius 2 is 1.41 bits per heavy atom. The highest BCUT2D eigenvalue weighted by Crippen LogP contribution is 2.66. The van der Waals surface area contributed by atoms with Crippen LogP contribution in [0.15, 0.2) is 52.2 Å². The van der Waals surface area contributed by atoms with Crippen LogP contribution in [0.1, 0.15) is 6.23 Å². The van der Waals surface area contributed by atoms with Crippen molar-refractivity contribution < 1.29 is 74.8 Å². The van der Waals surface area contributed by atoms with Gasteiger partial charge in [-0.3, -0.25) is 32.6 Å².